The molecule has 19 heavy (non-hydrogen) atoms. The number of anilines is 1. The number of nitrogens with one attached hydrogen (secondary N) is 1. The highest BCUT2D eigenvalue weighted by Gasteiger charge is 2.44. The minimum Gasteiger partial charge on any atom is -0.394 e. The summed E-state index contributed by atoms with van der Waals surface area (Å²) >= 11 is 0. The monoisotopic (exact) mass is 266 g/mol. The summed E-state index contributed by atoms with van der Waals surface area (Å²) in [5.41, 5.74) is 7.37. The van der Waals surface area contributed by atoms with Crippen LogP contribution in [0.2, 0.25) is 0 Å². The predicted octanol–water partition coefficient (Wildman–Crippen LogP) is -1.31. The molecule has 2 aromatic rings. The molecule has 8 nitrogen and oxygen atoms in total. The molecule has 3 rings (SSSR count). The molecule has 8 heteroatoms. The second-order valence-corrected chi connectivity index (χ2v) is 4.49. The van der Waals surface area contributed by atoms with Gasteiger partial charge in [-0.25, -0.2) is 9.97 Å². The largest absolute Gasteiger partial charge is 0.394 e. The quantitative estimate of drug-likeness (QED) is 0.455. The first-order chi connectivity index (χ1) is 9.13. The maximum atomic E-state index is 9.98. The third-order valence-electron chi connectivity index (χ3n) is 3.37. The number of nitrogens with two attached hydrogens (primary N) is 1. The lowest BCUT2D eigenvalue weighted by atomic mass is 10.0. The van der Waals surface area contributed by atoms with Gasteiger partial charge in [-0.15, -0.1) is 0 Å². The Morgan fingerprint density at radius 3 is 2.79 bits per heavy atom. The molecule has 0 unspecified atom stereocenters. The molecule has 0 bridgehead atoms. The van der Waals surface area contributed by atoms with E-state index in [4.69, 9.17) is 15.6 Å². The highest BCUT2D eigenvalue weighted by molar-refractivity contribution is 5.87. The number of ether oxygens (including phenoxy) is 1. The van der Waals surface area contributed by atoms with E-state index in [-0.39, 0.29) is 6.61 Å². The molecular weight excluding hydrogens is 252 g/mol. The summed E-state index contributed by atoms with van der Waals surface area (Å²) in [4.78, 5) is 10.9. The number of aromatic nitrogens is 3. The molecular formula is C11H14N4O4. The fraction of sp³-hybridized carbons (Fsp3) is 0.455. The highest BCUT2D eigenvalue weighted by Crippen LogP contribution is 2.36. The van der Waals surface area contributed by atoms with Gasteiger partial charge in [0.25, 0.3) is 0 Å². The van der Waals surface area contributed by atoms with Crippen LogP contribution < -0.4 is 5.73 Å². The lowest BCUT2D eigenvalue weighted by molar-refractivity contribution is -0.0224. The van der Waals surface area contributed by atoms with Gasteiger partial charge in [-0.05, 0) is 0 Å². The number of H-pyrrole nitrogens is 1. The van der Waals surface area contributed by atoms with Crippen molar-refractivity contribution in [1.82, 2.24) is 15.0 Å². The van der Waals surface area contributed by atoms with Gasteiger partial charge in [-0.3, -0.25) is 0 Å². The molecule has 1 fully saturated rings. The Kier molecular flexibility index (Phi) is 2.86. The Hall–Kier alpha value is -1.74. The van der Waals surface area contributed by atoms with Crippen molar-refractivity contribution >= 4 is 16.9 Å². The van der Waals surface area contributed by atoms with E-state index in [1.807, 2.05) is 0 Å². The normalized spacial score (nSPS) is 31.1. The van der Waals surface area contributed by atoms with E-state index >= 15 is 0 Å². The van der Waals surface area contributed by atoms with Crippen LogP contribution in [0, 0.1) is 0 Å². The number of hydrogen-bond acceptors (Lipinski definition) is 7. The molecule has 4 atom stereocenters. The number of fused-ring (bicyclic) bond motifs is 1. The molecule has 0 aromatic carbocycles. The topological polar surface area (TPSA) is 138 Å². The van der Waals surface area contributed by atoms with Crippen LogP contribution in [-0.2, 0) is 4.74 Å². The van der Waals surface area contributed by atoms with Gasteiger partial charge in [0.1, 0.15) is 36.3 Å². The lowest BCUT2D eigenvalue weighted by Gasteiger charge is -2.13. The molecule has 0 amide bonds. The van der Waals surface area contributed by atoms with Gasteiger partial charge in [0, 0.05) is 11.8 Å². The molecule has 0 aliphatic carbocycles. The van der Waals surface area contributed by atoms with Crippen LogP contribution in [-0.4, -0.2) is 55.2 Å². The van der Waals surface area contributed by atoms with Crippen LogP contribution in [0.3, 0.4) is 0 Å². The van der Waals surface area contributed by atoms with Gasteiger partial charge in [-0.1, -0.05) is 0 Å². The first-order valence-corrected chi connectivity index (χ1v) is 5.83. The molecule has 1 saturated heterocycles. The maximum Gasteiger partial charge on any atom is 0.151 e. The number of aliphatic hydroxyl groups excluding tert-OH is 3. The molecule has 3 heterocycles. The van der Waals surface area contributed by atoms with Gasteiger partial charge in [0.05, 0.1) is 12.1 Å². The van der Waals surface area contributed by atoms with Crippen LogP contribution in [0.5, 0.6) is 0 Å². The standard InChI is InChI=1S/C11H14N4O4/c12-11-7-6(14-3-15-11)4(1-13-7)10-9(18)8(17)5(2-16)19-10/h1,3,5,8-10,13,16-18H,2H2,(H2,12,14,15)/t5-,8-,9-,10+/m1/s1. The summed E-state index contributed by atoms with van der Waals surface area (Å²) in [6.45, 7) is -0.367. The number of hydrogen-bond donors (Lipinski definition) is 5. The minimum absolute atomic E-state index is 0.294. The maximum absolute atomic E-state index is 9.98. The Morgan fingerprint density at radius 1 is 1.32 bits per heavy atom. The Labute approximate surface area is 107 Å². The van der Waals surface area contributed by atoms with E-state index < -0.39 is 24.4 Å². The molecule has 1 aliphatic rings. The first kappa shape index (κ1) is 12.3. The first-order valence-electron chi connectivity index (χ1n) is 5.83. The van der Waals surface area contributed by atoms with Crippen molar-refractivity contribution in [3.05, 3.63) is 18.1 Å². The number of rotatable bonds is 2. The predicted molar refractivity (Wildman–Crippen MR) is 65.0 cm³/mol. The molecule has 2 aromatic heterocycles. The molecule has 0 radical (unpaired) electrons. The average molecular weight is 266 g/mol. The Balaban J connectivity index is 2.04. The highest BCUT2D eigenvalue weighted by atomic mass is 16.6. The van der Waals surface area contributed by atoms with E-state index in [1.165, 1.54) is 6.33 Å². The van der Waals surface area contributed by atoms with Crippen LogP contribution in [0.15, 0.2) is 12.5 Å². The van der Waals surface area contributed by atoms with Crippen molar-refractivity contribution < 1.29 is 20.1 Å². The zero-order chi connectivity index (χ0) is 13.6. The van der Waals surface area contributed by atoms with Crippen molar-refractivity contribution in [2.45, 2.75) is 24.4 Å². The van der Waals surface area contributed by atoms with Crippen molar-refractivity contribution in [3.63, 3.8) is 0 Å². The Bertz CT molecular complexity index is 601. The third kappa shape index (κ3) is 1.77. The van der Waals surface area contributed by atoms with E-state index in [0.717, 1.165) is 0 Å². The summed E-state index contributed by atoms with van der Waals surface area (Å²) in [6.07, 6.45) is -0.933. The van der Waals surface area contributed by atoms with Crippen LogP contribution in [0.25, 0.3) is 11.0 Å². The zero-order valence-electron chi connectivity index (χ0n) is 9.89. The molecule has 6 N–H and O–H groups in total. The summed E-state index contributed by atoms with van der Waals surface area (Å²) in [5, 5.41) is 28.8. The number of aromatic amines is 1. The number of aliphatic hydroxyl groups is 3. The van der Waals surface area contributed by atoms with E-state index in [9.17, 15) is 10.2 Å². The minimum atomic E-state index is -1.14. The number of nitrogens with zero attached hydrogens (tertiary/aromatic N) is 2. The molecule has 0 spiro atoms. The van der Waals surface area contributed by atoms with Crippen molar-refractivity contribution in [3.8, 4) is 0 Å². The lowest BCUT2D eigenvalue weighted by Crippen LogP contribution is -2.32. The molecule has 1 aliphatic heterocycles. The summed E-state index contributed by atoms with van der Waals surface area (Å²) in [5.74, 6) is 0.294. The zero-order valence-corrected chi connectivity index (χ0v) is 9.89. The average Bonchev–Trinajstić information content (AvgIpc) is 2.94. The van der Waals surface area contributed by atoms with E-state index in [0.29, 0.717) is 22.4 Å². The second kappa shape index (κ2) is 4.42. The van der Waals surface area contributed by atoms with Crippen LogP contribution in [0.4, 0.5) is 5.82 Å². The van der Waals surface area contributed by atoms with Gasteiger partial charge < -0.3 is 30.8 Å². The van der Waals surface area contributed by atoms with Gasteiger partial charge in [-0.2, -0.15) is 0 Å². The van der Waals surface area contributed by atoms with E-state index in [2.05, 4.69) is 15.0 Å². The molecule has 102 valence electrons. The fourth-order valence-electron chi connectivity index (χ4n) is 2.35. The third-order valence-corrected chi connectivity index (χ3v) is 3.37. The van der Waals surface area contributed by atoms with Gasteiger partial charge in [0.2, 0.25) is 0 Å². The van der Waals surface area contributed by atoms with Gasteiger partial charge in [0.15, 0.2) is 5.82 Å². The van der Waals surface area contributed by atoms with Crippen LogP contribution >= 0.6 is 0 Å². The Morgan fingerprint density at radius 2 is 2.11 bits per heavy atom. The molecule has 0 saturated carbocycles. The van der Waals surface area contributed by atoms with Crippen molar-refractivity contribution in [1.29, 1.82) is 0 Å². The SMILES string of the molecule is Nc1ncnc2c([C@@H]3O[C@H](CO)[C@@H](O)[C@H]3O)c[nH]c12. The summed E-state index contributed by atoms with van der Waals surface area (Å²) in [7, 11) is 0. The fourth-order valence-corrected chi connectivity index (χ4v) is 2.35. The van der Waals surface area contributed by atoms with Crippen LogP contribution in [0.1, 0.15) is 11.7 Å². The smallest absolute Gasteiger partial charge is 0.151 e. The van der Waals surface area contributed by atoms with Gasteiger partial charge >= 0.3 is 0 Å². The summed E-state index contributed by atoms with van der Waals surface area (Å²) < 4.78 is 5.46. The van der Waals surface area contributed by atoms with Crippen molar-refractivity contribution in [2.75, 3.05) is 12.3 Å². The van der Waals surface area contributed by atoms with E-state index in [1.54, 1.807) is 6.20 Å². The summed E-state index contributed by atoms with van der Waals surface area (Å²) in [6, 6.07) is 0. The number of nitrogen functional groups attached to an aromatic ring is 1. The second-order valence-electron chi connectivity index (χ2n) is 4.49. The van der Waals surface area contributed by atoms with Crippen molar-refractivity contribution in [2.24, 2.45) is 0 Å².